The van der Waals surface area contributed by atoms with Crippen LogP contribution in [0.1, 0.15) is 13.8 Å². The third-order valence-electron chi connectivity index (χ3n) is 3.90. The van der Waals surface area contributed by atoms with Gasteiger partial charge < -0.3 is 44.8 Å². The van der Waals surface area contributed by atoms with Crippen molar-refractivity contribution in [1.29, 1.82) is 0 Å². The van der Waals surface area contributed by atoms with Crippen LogP contribution in [-0.2, 0) is 14.2 Å². The monoisotopic (exact) mass is 310 g/mol. The van der Waals surface area contributed by atoms with Crippen LogP contribution in [0.4, 0.5) is 0 Å². The Kier molecular flexibility index (Phi) is 5.19. The zero-order valence-electron chi connectivity index (χ0n) is 11.7. The highest BCUT2D eigenvalue weighted by molar-refractivity contribution is 4.91. The fraction of sp³-hybridized carbons (Fsp3) is 1.00. The van der Waals surface area contributed by atoms with Crippen LogP contribution in [0.5, 0.6) is 0 Å². The number of aliphatic hydroxyl groups is 6. The van der Waals surface area contributed by atoms with Gasteiger partial charge in [-0.25, -0.2) is 0 Å². The van der Waals surface area contributed by atoms with Crippen molar-refractivity contribution in [3.8, 4) is 0 Å². The molecule has 2 fully saturated rings. The lowest BCUT2D eigenvalue weighted by Crippen LogP contribution is -2.62. The largest absolute Gasteiger partial charge is 0.388 e. The lowest BCUT2D eigenvalue weighted by Gasteiger charge is -2.44. The van der Waals surface area contributed by atoms with Gasteiger partial charge in [-0.15, -0.1) is 0 Å². The summed E-state index contributed by atoms with van der Waals surface area (Å²) in [6.45, 7) is 2.94. The number of aliphatic hydroxyl groups excluding tert-OH is 6. The smallest absolute Gasteiger partial charge is 0.187 e. The van der Waals surface area contributed by atoms with Crippen molar-refractivity contribution in [1.82, 2.24) is 0 Å². The highest BCUT2D eigenvalue weighted by Crippen LogP contribution is 2.28. The summed E-state index contributed by atoms with van der Waals surface area (Å²) in [5, 5.41) is 58.5. The molecule has 0 aromatic carbocycles. The highest BCUT2D eigenvalue weighted by Gasteiger charge is 2.48. The van der Waals surface area contributed by atoms with E-state index in [4.69, 9.17) is 14.2 Å². The minimum atomic E-state index is -1.58. The average molecular weight is 310 g/mol. The zero-order valence-corrected chi connectivity index (χ0v) is 11.7. The molecule has 0 radical (unpaired) electrons. The molecule has 0 saturated carbocycles. The van der Waals surface area contributed by atoms with Crippen LogP contribution in [0.3, 0.4) is 0 Å². The first kappa shape index (κ1) is 17.0. The molecule has 1 unspecified atom stereocenters. The maximum atomic E-state index is 9.91. The molecule has 0 spiro atoms. The van der Waals surface area contributed by atoms with Crippen molar-refractivity contribution in [2.75, 3.05) is 0 Å². The summed E-state index contributed by atoms with van der Waals surface area (Å²) in [7, 11) is 0. The van der Waals surface area contributed by atoms with Crippen molar-refractivity contribution in [3.05, 3.63) is 0 Å². The Morgan fingerprint density at radius 1 is 0.667 bits per heavy atom. The van der Waals surface area contributed by atoms with Gasteiger partial charge in [0.25, 0.3) is 0 Å². The molecule has 2 aliphatic heterocycles. The molecular formula is C12H22O9. The second kappa shape index (κ2) is 6.41. The molecule has 124 valence electrons. The summed E-state index contributed by atoms with van der Waals surface area (Å²) in [4.78, 5) is 0. The van der Waals surface area contributed by atoms with Crippen molar-refractivity contribution < 1.29 is 44.8 Å². The van der Waals surface area contributed by atoms with Crippen molar-refractivity contribution in [2.24, 2.45) is 0 Å². The van der Waals surface area contributed by atoms with Crippen LogP contribution < -0.4 is 0 Å². The standard InChI is InChI=1S/C12H22O9/c1-3-6(14)8(16)10(11(18)19-3)21-12-9(17)7(15)5(13)4(2)20-12/h3-18H,1-2H3/t3-,4-,5-,6-,7+,8+,9+,10+,11?,12+/m0/s1. The van der Waals surface area contributed by atoms with E-state index < -0.39 is 61.4 Å². The Bertz CT molecular complexity index is 354. The second-order valence-electron chi connectivity index (χ2n) is 5.50. The average Bonchev–Trinajstić information content (AvgIpc) is 2.44. The van der Waals surface area contributed by atoms with Gasteiger partial charge in [0.15, 0.2) is 12.6 Å². The Labute approximate surface area is 121 Å². The molecule has 0 aromatic heterocycles. The van der Waals surface area contributed by atoms with Gasteiger partial charge in [-0.3, -0.25) is 0 Å². The van der Waals surface area contributed by atoms with E-state index in [2.05, 4.69) is 0 Å². The first-order chi connectivity index (χ1) is 9.73. The van der Waals surface area contributed by atoms with Crippen LogP contribution >= 0.6 is 0 Å². The molecule has 0 aromatic rings. The van der Waals surface area contributed by atoms with Crippen LogP contribution in [0.2, 0.25) is 0 Å². The molecular weight excluding hydrogens is 288 g/mol. The van der Waals surface area contributed by atoms with E-state index in [0.717, 1.165) is 0 Å². The number of ether oxygens (including phenoxy) is 3. The molecule has 2 aliphatic rings. The molecule has 21 heavy (non-hydrogen) atoms. The fourth-order valence-electron chi connectivity index (χ4n) is 2.45. The fourth-order valence-corrected chi connectivity index (χ4v) is 2.45. The SMILES string of the molecule is C[C@@H]1O[C@H](O[C@H]2C(O)O[C@@H](C)[C@H](O)[C@H]2O)[C@H](O)[C@H](O)[C@H]1O. The van der Waals surface area contributed by atoms with Gasteiger partial charge in [-0.2, -0.15) is 0 Å². The van der Waals surface area contributed by atoms with Gasteiger partial charge in [-0.05, 0) is 13.8 Å². The van der Waals surface area contributed by atoms with Gasteiger partial charge in [-0.1, -0.05) is 0 Å². The van der Waals surface area contributed by atoms with E-state index in [1.165, 1.54) is 13.8 Å². The minimum Gasteiger partial charge on any atom is -0.388 e. The molecule has 2 rings (SSSR count). The first-order valence-electron chi connectivity index (χ1n) is 6.78. The Morgan fingerprint density at radius 3 is 1.81 bits per heavy atom. The molecule has 9 nitrogen and oxygen atoms in total. The number of hydrogen-bond donors (Lipinski definition) is 6. The van der Waals surface area contributed by atoms with E-state index in [-0.39, 0.29) is 0 Å². The van der Waals surface area contributed by atoms with Crippen LogP contribution in [0, 0.1) is 0 Å². The molecule has 0 amide bonds. The summed E-state index contributed by atoms with van der Waals surface area (Å²) in [5.41, 5.74) is 0. The summed E-state index contributed by atoms with van der Waals surface area (Å²) in [5.74, 6) is 0. The number of rotatable bonds is 2. The molecule has 9 heteroatoms. The lowest BCUT2D eigenvalue weighted by atomic mass is 9.98. The van der Waals surface area contributed by atoms with E-state index in [1.807, 2.05) is 0 Å². The van der Waals surface area contributed by atoms with Crippen molar-refractivity contribution in [2.45, 2.75) is 75.3 Å². The van der Waals surface area contributed by atoms with E-state index in [1.54, 1.807) is 0 Å². The molecule has 10 atom stereocenters. The van der Waals surface area contributed by atoms with Crippen LogP contribution in [0.25, 0.3) is 0 Å². The summed E-state index contributed by atoms with van der Waals surface area (Å²) < 4.78 is 15.5. The quantitative estimate of drug-likeness (QED) is 0.308. The molecule has 6 N–H and O–H groups in total. The third kappa shape index (κ3) is 3.21. The van der Waals surface area contributed by atoms with E-state index >= 15 is 0 Å². The summed E-state index contributed by atoms with van der Waals surface area (Å²) >= 11 is 0. The molecule has 2 heterocycles. The minimum absolute atomic E-state index is 0.793. The van der Waals surface area contributed by atoms with Gasteiger partial charge in [0, 0.05) is 0 Å². The normalized spacial score (nSPS) is 55.4. The van der Waals surface area contributed by atoms with Gasteiger partial charge >= 0.3 is 0 Å². The molecule has 0 bridgehead atoms. The van der Waals surface area contributed by atoms with Crippen LogP contribution in [0.15, 0.2) is 0 Å². The predicted octanol–water partition coefficient (Wildman–Crippen LogP) is -3.34. The topological polar surface area (TPSA) is 149 Å². The summed E-state index contributed by atoms with van der Waals surface area (Å²) in [6.07, 6.45) is -13.0. The van der Waals surface area contributed by atoms with E-state index in [0.29, 0.717) is 0 Å². The molecule has 2 saturated heterocycles. The van der Waals surface area contributed by atoms with E-state index in [9.17, 15) is 30.6 Å². The third-order valence-corrected chi connectivity index (χ3v) is 3.90. The highest BCUT2D eigenvalue weighted by atomic mass is 16.7. The van der Waals surface area contributed by atoms with Crippen molar-refractivity contribution in [3.63, 3.8) is 0 Å². The van der Waals surface area contributed by atoms with Gasteiger partial charge in [0.05, 0.1) is 12.2 Å². The zero-order chi connectivity index (χ0) is 15.9. The van der Waals surface area contributed by atoms with Gasteiger partial charge in [0.1, 0.15) is 36.6 Å². The Hall–Kier alpha value is -0.360. The Morgan fingerprint density at radius 2 is 1.19 bits per heavy atom. The number of hydrogen-bond acceptors (Lipinski definition) is 9. The lowest BCUT2D eigenvalue weighted by molar-refractivity contribution is -0.356. The van der Waals surface area contributed by atoms with Gasteiger partial charge in [0.2, 0.25) is 0 Å². The summed E-state index contributed by atoms with van der Waals surface area (Å²) in [6, 6.07) is 0. The maximum absolute atomic E-state index is 9.91. The Balaban J connectivity index is 2.06. The van der Waals surface area contributed by atoms with Crippen LogP contribution in [-0.4, -0.2) is 92.1 Å². The van der Waals surface area contributed by atoms with Crippen molar-refractivity contribution >= 4 is 0 Å². The predicted molar refractivity (Wildman–Crippen MR) is 65.8 cm³/mol. The maximum Gasteiger partial charge on any atom is 0.187 e. The second-order valence-corrected chi connectivity index (χ2v) is 5.50. The molecule has 0 aliphatic carbocycles. The first-order valence-corrected chi connectivity index (χ1v) is 6.78.